The number of aryl methyl sites for hydroxylation is 1. The van der Waals surface area contributed by atoms with Crippen LogP contribution in [0.2, 0.25) is 0 Å². The molecule has 3 heteroatoms. The van der Waals surface area contributed by atoms with Crippen LogP contribution in [-0.4, -0.2) is 11.1 Å². The van der Waals surface area contributed by atoms with Crippen molar-refractivity contribution < 1.29 is 14.6 Å². The number of hydrogen-bond donors (Lipinski definition) is 1. The Labute approximate surface area is 193 Å². The monoisotopic (exact) mass is 432 g/mol. The first-order valence-corrected chi connectivity index (χ1v) is 11.0. The molecule has 3 rings (SSSR count). The second-order valence-electron chi connectivity index (χ2n) is 10.1. The lowest BCUT2D eigenvalue weighted by Gasteiger charge is -2.27. The van der Waals surface area contributed by atoms with E-state index in [2.05, 4.69) is 60.6 Å². The van der Waals surface area contributed by atoms with Gasteiger partial charge in [-0.05, 0) is 46.6 Å². The van der Waals surface area contributed by atoms with Gasteiger partial charge in [0.2, 0.25) is 0 Å². The molecule has 0 aliphatic carbocycles. The van der Waals surface area contributed by atoms with Crippen LogP contribution in [0.1, 0.15) is 74.2 Å². The Morgan fingerprint density at radius 1 is 0.781 bits per heavy atom. The molecule has 3 nitrogen and oxygen atoms in total. The average Bonchev–Trinajstić information content (AvgIpc) is 2.73. The standard InChI is InChI=1S/C15H24O.C14H12O2/c1-10-8-11(14(2,3)4)13(16)12(9-10)15(5,6)7;15-14(13-9-5-2-6-10-13)16-11-12-7-3-1-4-8-12/h8-9,16H,1-7H3;1-10H,11H2. The van der Waals surface area contributed by atoms with E-state index in [1.807, 2.05) is 48.5 Å². The van der Waals surface area contributed by atoms with Gasteiger partial charge in [-0.1, -0.05) is 108 Å². The molecule has 0 unspecified atom stereocenters. The van der Waals surface area contributed by atoms with Gasteiger partial charge in [0.25, 0.3) is 0 Å². The first-order valence-electron chi connectivity index (χ1n) is 11.0. The molecule has 3 aromatic rings. The third-order valence-electron chi connectivity index (χ3n) is 5.09. The third-order valence-corrected chi connectivity index (χ3v) is 5.09. The van der Waals surface area contributed by atoms with Gasteiger partial charge in [0, 0.05) is 0 Å². The summed E-state index contributed by atoms with van der Waals surface area (Å²) in [5, 5.41) is 10.4. The molecule has 0 spiro atoms. The minimum Gasteiger partial charge on any atom is -0.507 e. The molecule has 1 N–H and O–H groups in total. The second kappa shape index (κ2) is 10.5. The van der Waals surface area contributed by atoms with Crippen molar-refractivity contribution in [1.82, 2.24) is 0 Å². The van der Waals surface area contributed by atoms with E-state index in [0.29, 0.717) is 17.9 Å². The third kappa shape index (κ3) is 7.26. The molecular formula is C29H36O3. The maximum absolute atomic E-state index is 11.6. The van der Waals surface area contributed by atoms with Crippen molar-refractivity contribution >= 4 is 5.97 Å². The van der Waals surface area contributed by atoms with E-state index in [1.165, 1.54) is 5.56 Å². The van der Waals surface area contributed by atoms with Crippen LogP contribution in [-0.2, 0) is 22.2 Å². The van der Waals surface area contributed by atoms with Gasteiger partial charge in [0.05, 0.1) is 5.56 Å². The summed E-state index contributed by atoms with van der Waals surface area (Å²) in [6, 6.07) is 22.8. The van der Waals surface area contributed by atoms with Crippen LogP contribution >= 0.6 is 0 Å². The molecular weight excluding hydrogens is 396 g/mol. The molecule has 0 aromatic heterocycles. The highest BCUT2D eigenvalue weighted by Crippen LogP contribution is 2.39. The lowest BCUT2D eigenvalue weighted by Crippen LogP contribution is -2.17. The Morgan fingerprint density at radius 3 is 1.66 bits per heavy atom. The van der Waals surface area contributed by atoms with Crippen molar-refractivity contribution in [3.05, 3.63) is 101 Å². The van der Waals surface area contributed by atoms with Crippen LogP contribution in [0.25, 0.3) is 0 Å². The van der Waals surface area contributed by atoms with Crippen LogP contribution in [0.3, 0.4) is 0 Å². The summed E-state index contributed by atoms with van der Waals surface area (Å²) in [7, 11) is 0. The fourth-order valence-electron chi connectivity index (χ4n) is 3.30. The summed E-state index contributed by atoms with van der Waals surface area (Å²) in [5.41, 5.74) is 4.83. The Bertz CT molecular complexity index is 973. The van der Waals surface area contributed by atoms with Gasteiger partial charge < -0.3 is 9.84 Å². The zero-order chi connectivity index (χ0) is 23.9. The predicted molar refractivity (Wildman–Crippen MR) is 132 cm³/mol. The van der Waals surface area contributed by atoms with Gasteiger partial charge in [-0.2, -0.15) is 0 Å². The van der Waals surface area contributed by atoms with E-state index < -0.39 is 0 Å². The predicted octanol–water partition coefficient (Wildman–Crippen LogP) is 7.34. The molecule has 0 aliphatic heterocycles. The van der Waals surface area contributed by atoms with Gasteiger partial charge in [0.1, 0.15) is 12.4 Å². The number of ether oxygens (including phenoxy) is 1. The first kappa shape index (κ1) is 25.2. The second-order valence-corrected chi connectivity index (χ2v) is 10.1. The number of benzene rings is 3. The van der Waals surface area contributed by atoms with E-state index >= 15 is 0 Å². The van der Waals surface area contributed by atoms with E-state index in [-0.39, 0.29) is 16.8 Å². The molecule has 0 fully saturated rings. The normalized spacial score (nSPS) is 11.3. The Balaban J connectivity index is 0.000000227. The van der Waals surface area contributed by atoms with Gasteiger partial charge >= 0.3 is 5.97 Å². The molecule has 0 saturated carbocycles. The molecule has 0 heterocycles. The number of rotatable bonds is 3. The molecule has 32 heavy (non-hydrogen) atoms. The maximum atomic E-state index is 11.6. The highest BCUT2D eigenvalue weighted by Gasteiger charge is 2.25. The van der Waals surface area contributed by atoms with E-state index in [9.17, 15) is 9.90 Å². The Hall–Kier alpha value is -3.07. The fourth-order valence-corrected chi connectivity index (χ4v) is 3.30. The number of aromatic hydroxyl groups is 1. The van der Waals surface area contributed by atoms with Crippen molar-refractivity contribution in [1.29, 1.82) is 0 Å². The Kier molecular flexibility index (Phi) is 8.26. The van der Waals surface area contributed by atoms with Gasteiger partial charge in [-0.25, -0.2) is 4.79 Å². The number of carbonyl (C=O) groups excluding carboxylic acids is 1. The summed E-state index contributed by atoms with van der Waals surface area (Å²) in [6.07, 6.45) is 0. The van der Waals surface area contributed by atoms with Gasteiger partial charge in [-0.15, -0.1) is 0 Å². The molecule has 170 valence electrons. The van der Waals surface area contributed by atoms with Gasteiger partial charge in [-0.3, -0.25) is 0 Å². The summed E-state index contributed by atoms with van der Waals surface area (Å²) in [5.74, 6) is 0.176. The SMILES string of the molecule is Cc1cc(C(C)(C)C)c(O)c(C(C)(C)C)c1.O=C(OCc1ccccc1)c1ccccc1. The highest BCUT2D eigenvalue weighted by atomic mass is 16.5. The van der Waals surface area contributed by atoms with Crippen LogP contribution in [0.4, 0.5) is 0 Å². The quantitative estimate of drug-likeness (QED) is 0.440. The molecule has 0 radical (unpaired) electrons. The lowest BCUT2D eigenvalue weighted by molar-refractivity contribution is 0.0472. The number of esters is 1. The zero-order valence-corrected chi connectivity index (χ0v) is 20.4. The minimum absolute atomic E-state index is 0.0178. The summed E-state index contributed by atoms with van der Waals surface area (Å²) < 4.78 is 5.18. The van der Waals surface area contributed by atoms with Crippen molar-refractivity contribution in [2.24, 2.45) is 0 Å². The summed E-state index contributed by atoms with van der Waals surface area (Å²) >= 11 is 0. The average molecular weight is 433 g/mol. The highest BCUT2D eigenvalue weighted by molar-refractivity contribution is 5.89. The zero-order valence-electron chi connectivity index (χ0n) is 20.4. The maximum Gasteiger partial charge on any atom is 0.338 e. The molecule has 0 amide bonds. The van der Waals surface area contributed by atoms with Crippen molar-refractivity contribution in [3.8, 4) is 5.75 Å². The fraction of sp³-hybridized carbons (Fsp3) is 0.345. The number of hydrogen-bond acceptors (Lipinski definition) is 3. The molecule has 0 atom stereocenters. The molecule has 0 bridgehead atoms. The van der Waals surface area contributed by atoms with Gasteiger partial charge in [0.15, 0.2) is 0 Å². The molecule has 3 aromatic carbocycles. The van der Waals surface area contributed by atoms with E-state index in [0.717, 1.165) is 16.7 Å². The topological polar surface area (TPSA) is 46.5 Å². The van der Waals surface area contributed by atoms with Crippen LogP contribution in [0, 0.1) is 6.92 Å². The first-order chi connectivity index (χ1) is 14.9. The van der Waals surface area contributed by atoms with Crippen LogP contribution in [0.5, 0.6) is 5.75 Å². The largest absolute Gasteiger partial charge is 0.507 e. The molecule has 0 saturated heterocycles. The van der Waals surface area contributed by atoms with Crippen molar-refractivity contribution in [3.63, 3.8) is 0 Å². The number of carbonyl (C=O) groups is 1. The summed E-state index contributed by atoms with van der Waals surface area (Å²) in [6.45, 7) is 15.2. The van der Waals surface area contributed by atoms with E-state index in [1.54, 1.807) is 12.1 Å². The van der Waals surface area contributed by atoms with Crippen molar-refractivity contribution in [2.45, 2.75) is 65.9 Å². The van der Waals surface area contributed by atoms with Crippen molar-refractivity contribution in [2.75, 3.05) is 0 Å². The lowest BCUT2D eigenvalue weighted by atomic mass is 9.78. The molecule has 0 aliphatic rings. The smallest absolute Gasteiger partial charge is 0.338 e. The minimum atomic E-state index is -0.288. The summed E-state index contributed by atoms with van der Waals surface area (Å²) in [4.78, 5) is 11.6. The van der Waals surface area contributed by atoms with Crippen LogP contribution in [0.15, 0.2) is 72.8 Å². The van der Waals surface area contributed by atoms with E-state index in [4.69, 9.17) is 4.74 Å². The van der Waals surface area contributed by atoms with Crippen LogP contribution < -0.4 is 0 Å². The number of phenols is 1. The Morgan fingerprint density at radius 2 is 1.22 bits per heavy atom. The number of phenolic OH excluding ortho intramolecular Hbond substituents is 1.